The van der Waals surface area contributed by atoms with Gasteiger partial charge in [0.25, 0.3) is 0 Å². The second kappa shape index (κ2) is 7.98. The van der Waals surface area contributed by atoms with Crippen LogP contribution in [-0.2, 0) is 5.41 Å². The maximum absolute atomic E-state index is 9.97. The normalized spacial score (nSPS) is 14.7. The Hall–Kier alpha value is -1.06. The molecule has 0 spiro atoms. The van der Waals surface area contributed by atoms with E-state index in [1.54, 1.807) is 0 Å². The highest BCUT2D eigenvalue weighted by atomic mass is 16.5. The van der Waals surface area contributed by atoms with Crippen LogP contribution in [0.1, 0.15) is 70.1 Å². The Bertz CT molecular complexity index is 477. The summed E-state index contributed by atoms with van der Waals surface area (Å²) in [6, 6.07) is 4.43. The zero-order valence-electron chi connectivity index (χ0n) is 15.1. The zero-order valence-corrected chi connectivity index (χ0v) is 15.1. The molecule has 3 N–H and O–H groups in total. The molecule has 1 aromatic rings. The van der Waals surface area contributed by atoms with Gasteiger partial charge in [0.2, 0.25) is 0 Å². The lowest BCUT2D eigenvalue weighted by Crippen LogP contribution is -2.23. The van der Waals surface area contributed by atoms with E-state index < -0.39 is 6.10 Å². The molecule has 1 aromatic carbocycles. The number of nitrogens with two attached hydrogens (primary N) is 1. The number of benzene rings is 1. The molecule has 2 atom stereocenters. The van der Waals surface area contributed by atoms with Crippen LogP contribution in [0.3, 0.4) is 0 Å². The van der Waals surface area contributed by atoms with Crippen molar-refractivity contribution in [1.29, 1.82) is 0 Å². The lowest BCUT2D eigenvalue weighted by Gasteiger charge is -2.29. The van der Waals surface area contributed by atoms with E-state index in [1.807, 2.05) is 6.92 Å². The molecule has 0 saturated heterocycles. The minimum absolute atomic E-state index is 0.0239. The fourth-order valence-electron chi connectivity index (χ4n) is 2.91. The fraction of sp³-hybridized carbons (Fsp3) is 0.684. The van der Waals surface area contributed by atoms with E-state index in [4.69, 9.17) is 10.5 Å². The number of ether oxygens (including phenoxy) is 1. The maximum atomic E-state index is 9.97. The number of aliphatic hydroxyl groups is 1. The molecule has 3 heteroatoms. The van der Waals surface area contributed by atoms with Crippen molar-refractivity contribution < 1.29 is 9.84 Å². The van der Waals surface area contributed by atoms with Crippen LogP contribution in [-0.4, -0.2) is 24.4 Å². The molecule has 0 amide bonds. The summed E-state index contributed by atoms with van der Waals surface area (Å²) in [5.41, 5.74) is 9.31. The minimum atomic E-state index is -0.460. The van der Waals surface area contributed by atoms with Crippen LogP contribution in [0.25, 0.3) is 0 Å². The quantitative estimate of drug-likeness (QED) is 0.803. The van der Waals surface area contributed by atoms with Gasteiger partial charge in [-0.2, -0.15) is 0 Å². The highest BCUT2D eigenvalue weighted by Crippen LogP contribution is 2.40. The summed E-state index contributed by atoms with van der Waals surface area (Å²) in [5, 5.41) is 9.97. The van der Waals surface area contributed by atoms with Gasteiger partial charge in [-0.15, -0.1) is 0 Å². The van der Waals surface area contributed by atoms with E-state index in [2.05, 4.69) is 46.8 Å². The average Bonchev–Trinajstić information content (AvgIpc) is 2.45. The molecule has 2 unspecified atom stereocenters. The molecular weight excluding hydrogens is 274 g/mol. The molecular formula is C19H33NO2. The molecule has 0 radical (unpaired) electrons. The summed E-state index contributed by atoms with van der Waals surface area (Å²) >= 11 is 0. The predicted octanol–water partition coefficient (Wildman–Crippen LogP) is 3.89. The molecule has 0 bridgehead atoms. The molecule has 0 aliphatic carbocycles. The van der Waals surface area contributed by atoms with E-state index in [0.29, 0.717) is 19.6 Å². The van der Waals surface area contributed by atoms with Gasteiger partial charge in [0, 0.05) is 12.1 Å². The number of hydrogen-bond donors (Lipinski definition) is 2. The van der Waals surface area contributed by atoms with Crippen molar-refractivity contribution in [1.82, 2.24) is 0 Å². The van der Waals surface area contributed by atoms with Gasteiger partial charge in [-0.25, -0.2) is 0 Å². The molecule has 0 aliphatic rings. The molecule has 22 heavy (non-hydrogen) atoms. The van der Waals surface area contributed by atoms with Crippen molar-refractivity contribution >= 4 is 0 Å². The van der Waals surface area contributed by atoms with Gasteiger partial charge < -0.3 is 15.6 Å². The Morgan fingerprint density at radius 2 is 1.86 bits per heavy atom. The number of aliphatic hydroxyl groups excluding tert-OH is 1. The molecule has 3 nitrogen and oxygen atoms in total. The standard InChI is InChI=1S/C19H33NO2/c1-7-14(11-15(21)12-20)16-9-13(3)10-17(19(4,5)6)18(16)22-8-2/h9-10,14-15,21H,7-8,11-12,20H2,1-6H3. The summed E-state index contributed by atoms with van der Waals surface area (Å²) in [6.45, 7) is 13.9. The van der Waals surface area contributed by atoms with Crippen LogP contribution >= 0.6 is 0 Å². The summed E-state index contributed by atoms with van der Waals surface area (Å²) in [6.07, 6.45) is 1.18. The lowest BCUT2D eigenvalue weighted by atomic mass is 9.80. The topological polar surface area (TPSA) is 55.5 Å². The van der Waals surface area contributed by atoms with Crippen LogP contribution < -0.4 is 10.5 Å². The van der Waals surface area contributed by atoms with E-state index in [-0.39, 0.29) is 11.3 Å². The first-order valence-corrected chi connectivity index (χ1v) is 8.40. The van der Waals surface area contributed by atoms with Gasteiger partial charge in [0.05, 0.1) is 12.7 Å². The second-order valence-electron chi connectivity index (χ2n) is 7.14. The van der Waals surface area contributed by atoms with Gasteiger partial charge in [-0.1, -0.05) is 45.4 Å². The van der Waals surface area contributed by atoms with Crippen LogP contribution in [0, 0.1) is 6.92 Å². The van der Waals surface area contributed by atoms with Crippen molar-refractivity contribution in [3.8, 4) is 5.75 Å². The van der Waals surface area contributed by atoms with Crippen LogP contribution in [0.2, 0.25) is 0 Å². The van der Waals surface area contributed by atoms with Crippen molar-refractivity contribution in [3.63, 3.8) is 0 Å². The fourth-order valence-corrected chi connectivity index (χ4v) is 2.91. The summed E-state index contributed by atoms with van der Waals surface area (Å²) in [7, 11) is 0. The first-order valence-electron chi connectivity index (χ1n) is 8.40. The average molecular weight is 307 g/mol. The smallest absolute Gasteiger partial charge is 0.126 e. The molecule has 126 valence electrons. The third kappa shape index (κ3) is 4.72. The van der Waals surface area contributed by atoms with Gasteiger partial charge in [-0.3, -0.25) is 0 Å². The maximum Gasteiger partial charge on any atom is 0.126 e. The number of rotatable bonds is 7. The minimum Gasteiger partial charge on any atom is -0.493 e. The van der Waals surface area contributed by atoms with E-state index >= 15 is 0 Å². The Morgan fingerprint density at radius 1 is 1.23 bits per heavy atom. The highest BCUT2D eigenvalue weighted by molar-refractivity contribution is 5.49. The number of hydrogen-bond acceptors (Lipinski definition) is 3. The molecule has 0 aromatic heterocycles. The molecule has 0 heterocycles. The molecule has 0 saturated carbocycles. The van der Waals surface area contributed by atoms with Gasteiger partial charge in [0.15, 0.2) is 0 Å². The first-order chi connectivity index (χ1) is 10.2. The van der Waals surface area contributed by atoms with Gasteiger partial charge >= 0.3 is 0 Å². The van der Waals surface area contributed by atoms with E-state index in [1.165, 1.54) is 16.7 Å². The molecule has 1 rings (SSSR count). The first kappa shape index (κ1) is 19.0. The number of aryl methyl sites for hydroxylation is 1. The Kier molecular flexibility index (Phi) is 6.89. The van der Waals surface area contributed by atoms with Crippen LogP contribution in [0.5, 0.6) is 5.75 Å². The molecule has 0 aliphatic heterocycles. The third-order valence-corrected chi connectivity index (χ3v) is 4.12. The van der Waals surface area contributed by atoms with Crippen molar-refractivity contribution in [3.05, 3.63) is 28.8 Å². The van der Waals surface area contributed by atoms with Gasteiger partial charge in [-0.05, 0) is 43.6 Å². The SMILES string of the molecule is CCOc1c(C(CC)CC(O)CN)cc(C)cc1C(C)(C)C. The Labute approximate surface area is 135 Å². The Balaban J connectivity index is 3.40. The predicted molar refractivity (Wildman–Crippen MR) is 93.8 cm³/mol. The summed E-state index contributed by atoms with van der Waals surface area (Å²) in [4.78, 5) is 0. The largest absolute Gasteiger partial charge is 0.493 e. The monoisotopic (exact) mass is 307 g/mol. The summed E-state index contributed by atoms with van der Waals surface area (Å²) < 4.78 is 6.03. The zero-order chi connectivity index (χ0) is 16.9. The Morgan fingerprint density at radius 3 is 2.32 bits per heavy atom. The van der Waals surface area contributed by atoms with E-state index in [9.17, 15) is 5.11 Å². The second-order valence-corrected chi connectivity index (χ2v) is 7.14. The van der Waals surface area contributed by atoms with Crippen LogP contribution in [0.4, 0.5) is 0 Å². The van der Waals surface area contributed by atoms with Gasteiger partial charge in [0.1, 0.15) is 5.75 Å². The summed E-state index contributed by atoms with van der Waals surface area (Å²) in [5.74, 6) is 1.26. The van der Waals surface area contributed by atoms with Crippen molar-refractivity contribution in [2.75, 3.05) is 13.2 Å². The van der Waals surface area contributed by atoms with Crippen molar-refractivity contribution in [2.24, 2.45) is 5.73 Å². The lowest BCUT2D eigenvalue weighted by molar-refractivity contribution is 0.161. The van der Waals surface area contributed by atoms with Crippen molar-refractivity contribution in [2.45, 2.75) is 71.8 Å². The van der Waals surface area contributed by atoms with Crippen LogP contribution in [0.15, 0.2) is 12.1 Å². The highest BCUT2D eigenvalue weighted by Gasteiger charge is 2.26. The third-order valence-electron chi connectivity index (χ3n) is 4.12. The molecule has 0 fully saturated rings. The van der Waals surface area contributed by atoms with E-state index in [0.717, 1.165) is 12.2 Å².